The van der Waals surface area contributed by atoms with Crippen LogP contribution in [-0.2, 0) is 11.8 Å². The van der Waals surface area contributed by atoms with Crippen molar-refractivity contribution in [3.8, 4) is 0 Å². The molecule has 6 heteroatoms. The number of aromatic nitrogens is 2. The van der Waals surface area contributed by atoms with Crippen LogP contribution in [0.5, 0.6) is 0 Å². The van der Waals surface area contributed by atoms with Gasteiger partial charge in [-0.1, -0.05) is 0 Å². The van der Waals surface area contributed by atoms with Gasteiger partial charge >= 0.3 is 0 Å². The zero-order valence-corrected chi connectivity index (χ0v) is 10.8. The Morgan fingerprint density at radius 2 is 2.32 bits per heavy atom. The van der Waals surface area contributed by atoms with Gasteiger partial charge in [-0.2, -0.15) is 0 Å². The summed E-state index contributed by atoms with van der Waals surface area (Å²) in [6.45, 7) is 0.769. The first kappa shape index (κ1) is 13.2. The summed E-state index contributed by atoms with van der Waals surface area (Å²) < 4.78 is 6.22. The molecular formula is C13H15N3O3. The molecule has 0 bridgehead atoms. The second kappa shape index (κ2) is 5.62. The van der Waals surface area contributed by atoms with Crippen LogP contribution in [0.15, 0.2) is 29.2 Å². The van der Waals surface area contributed by atoms with Gasteiger partial charge in [0, 0.05) is 32.3 Å². The van der Waals surface area contributed by atoms with Crippen molar-refractivity contribution in [2.75, 3.05) is 20.3 Å². The number of ether oxygens (including phenoxy) is 1. The van der Waals surface area contributed by atoms with Crippen LogP contribution < -0.4 is 10.9 Å². The van der Waals surface area contributed by atoms with Crippen LogP contribution in [-0.4, -0.2) is 35.7 Å². The fourth-order valence-corrected chi connectivity index (χ4v) is 1.82. The van der Waals surface area contributed by atoms with Crippen molar-refractivity contribution >= 4 is 16.9 Å². The maximum Gasteiger partial charge on any atom is 0.264 e. The van der Waals surface area contributed by atoms with Crippen LogP contribution in [0.1, 0.15) is 10.4 Å². The summed E-state index contributed by atoms with van der Waals surface area (Å²) in [5.74, 6) is -0.400. The maximum atomic E-state index is 12.1. The number of aryl methyl sites for hydroxylation is 1. The Morgan fingerprint density at radius 3 is 3.05 bits per heavy atom. The second-order valence-electron chi connectivity index (χ2n) is 4.09. The molecule has 2 aromatic heterocycles. The molecule has 0 unspecified atom stereocenters. The summed E-state index contributed by atoms with van der Waals surface area (Å²) >= 11 is 0. The molecular weight excluding hydrogens is 246 g/mol. The molecule has 0 aliphatic carbocycles. The fraction of sp³-hybridized carbons (Fsp3) is 0.308. The molecule has 6 nitrogen and oxygen atoms in total. The summed E-state index contributed by atoms with van der Waals surface area (Å²) in [6.07, 6.45) is 1.61. The highest BCUT2D eigenvalue weighted by molar-refractivity contribution is 5.96. The molecule has 0 fully saturated rings. The zero-order chi connectivity index (χ0) is 13.8. The number of nitrogens with one attached hydrogen (secondary N) is 1. The highest BCUT2D eigenvalue weighted by atomic mass is 16.5. The molecule has 0 aromatic carbocycles. The van der Waals surface area contributed by atoms with Crippen LogP contribution >= 0.6 is 0 Å². The molecule has 19 heavy (non-hydrogen) atoms. The Hall–Kier alpha value is -2.21. The van der Waals surface area contributed by atoms with Crippen LogP contribution in [0.25, 0.3) is 11.0 Å². The number of carbonyl (C=O) groups is 1. The summed E-state index contributed by atoms with van der Waals surface area (Å²) in [6, 6.07) is 5.14. The summed E-state index contributed by atoms with van der Waals surface area (Å²) in [7, 11) is 3.15. The minimum atomic E-state index is -0.400. The molecule has 0 spiro atoms. The lowest BCUT2D eigenvalue weighted by Crippen LogP contribution is -2.34. The Kier molecular flexibility index (Phi) is 3.91. The number of methoxy groups -OCH3 is 1. The van der Waals surface area contributed by atoms with Gasteiger partial charge in [-0.3, -0.25) is 14.2 Å². The third kappa shape index (κ3) is 2.63. The molecule has 0 atom stereocenters. The van der Waals surface area contributed by atoms with Crippen molar-refractivity contribution < 1.29 is 9.53 Å². The van der Waals surface area contributed by atoms with Crippen molar-refractivity contribution in [3.05, 3.63) is 40.3 Å². The zero-order valence-electron chi connectivity index (χ0n) is 10.8. The lowest BCUT2D eigenvalue weighted by molar-refractivity contribution is 0.0935. The second-order valence-corrected chi connectivity index (χ2v) is 4.09. The van der Waals surface area contributed by atoms with Crippen LogP contribution in [0.3, 0.4) is 0 Å². The van der Waals surface area contributed by atoms with E-state index < -0.39 is 5.91 Å². The van der Waals surface area contributed by atoms with Gasteiger partial charge in [0.2, 0.25) is 0 Å². The third-order valence-corrected chi connectivity index (χ3v) is 2.81. The maximum absolute atomic E-state index is 12.1. The minimum Gasteiger partial charge on any atom is -0.383 e. The number of carbonyl (C=O) groups excluding carboxylic acids is 1. The summed E-state index contributed by atoms with van der Waals surface area (Å²) in [5, 5.41) is 3.39. The fourth-order valence-electron chi connectivity index (χ4n) is 1.82. The molecule has 100 valence electrons. The number of amides is 1. The molecule has 0 saturated carbocycles. The molecule has 2 heterocycles. The van der Waals surface area contributed by atoms with Crippen LogP contribution in [0.2, 0.25) is 0 Å². The van der Waals surface area contributed by atoms with E-state index in [0.29, 0.717) is 18.8 Å². The van der Waals surface area contributed by atoms with Gasteiger partial charge in [-0.05, 0) is 18.2 Å². The van der Waals surface area contributed by atoms with E-state index in [1.165, 1.54) is 4.57 Å². The lowest BCUT2D eigenvalue weighted by atomic mass is 10.2. The van der Waals surface area contributed by atoms with E-state index in [4.69, 9.17) is 4.74 Å². The predicted molar refractivity (Wildman–Crippen MR) is 71.2 cm³/mol. The number of fused-ring (bicyclic) bond motifs is 1. The van der Waals surface area contributed by atoms with Crippen molar-refractivity contribution in [1.82, 2.24) is 14.9 Å². The van der Waals surface area contributed by atoms with Gasteiger partial charge in [0.15, 0.2) is 0 Å². The number of hydrogen-bond donors (Lipinski definition) is 1. The Morgan fingerprint density at radius 1 is 1.53 bits per heavy atom. The van der Waals surface area contributed by atoms with E-state index in [1.54, 1.807) is 32.5 Å². The van der Waals surface area contributed by atoms with Gasteiger partial charge in [0.25, 0.3) is 11.5 Å². The molecule has 2 aromatic rings. The van der Waals surface area contributed by atoms with Crippen LogP contribution in [0.4, 0.5) is 0 Å². The first-order chi connectivity index (χ1) is 9.15. The average Bonchev–Trinajstić information content (AvgIpc) is 2.43. The standard InChI is InChI=1S/C13H15N3O3/c1-16-11-9(4-3-5-14-11)8-10(13(16)18)12(17)15-6-7-19-2/h3-5,8H,6-7H2,1-2H3,(H,15,17). The van der Waals surface area contributed by atoms with E-state index in [9.17, 15) is 9.59 Å². The van der Waals surface area contributed by atoms with Crippen molar-refractivity contribution in [3.63, 3.8) is 0 Å². The number of rotatable bonds is 4. The van der Waals surface area contributed by atoms with Gasteiger partial charge in [-0.15, -0.1) is 0 Å². The normalized spacial score (nSPS) is 10.6. The Labute approximate surface area is 110 Å². The first-order valence-corrected chi connectivity index (χ1v) is 5.87. The number of nitrogens with zero attached hydrogens (tertiary/aromatic N) is 2. The lowest BCUT2D eigenvalue weighted by Gasteiger charge is -2.08. The van der Waals surface area contributed by atoms with Gasteiger partial charge in [0.05, 0.1) is 6.61 Å². The van der Waals surface area contributed by atoms with E-state index in [0.717, 1.165) is 5.39 Å². The molecule has 1 amide bonds. The van der Waals surface area contributed by atoms with Gasteiger partial charge in [-0.25, -0.2) is 4.98 Å². The molecule has 0 aliphatic heterocycles. The minimum absolute atomic E-state index is 0.110. The quantitative estimate of drug-likeness (QED) is 0.804. The van der Waals surface area contributed by atoms with E-state index in [-0.39, 0.29) is 11.1 Å². The summed E-state index contributed by atoms with van der Waals surface area (Å²) in [4.78, 5) is 28.2. The van der Waals surface area contributed by atoms with E-state index >= 15 is 0 Å². The third-order valence-electron chi connectivity index (χ3n) is 2.81. The molecule has 1 N–H and O–H groups in total. The molecule has 0 radical (unpaired) electrons. The monoisotopic (exact) mass is 261 g/mol. The highest BCUT2D eigenvalue weighted by Crippen LogP contribution is 2.09. The SMILES string of the molecule is COCCNC(=O)c1cc2cccnc2n(C)c1=O. The van der Waals surface area contributed by atoms with Crippen LogP contribution in [0, 0.1) is 0 Å². The van der Waals surface area contributed by atoms with E-state index in [1.807, 2.05) is 6.07 Å². The van der Waals surface area contributed by atoms with Crippen molar-refractivity contribution in [1.29, 1.82) is 0 Å². The summed E-state index contributed by atoms with van der Waals surface area (Å²) in [5.41, 5.74) is 0.307. The van der Waals surface area contributed by atoms with Gasteiger partial charge in [0.1, 0.15) is 11.2 Å². The molecule has 0 saturated heterocycles. The molecule has 0 aliphatic rings. The van der Waals surface area contributed by atoms with Crippen molar-refractivity contribution in [2.45, 2.75) is 0 Å². The largest absolute Gasteiger partial charge is 0.383 e. The Bertz CT molecular complexity index is 664. The smallest absolute Gasteiger partial charge is 0.264 e. The van der Waals surface area contributed by atoms with Gasteiger partial charge < -0.3 is 10.1 Å². The van der Waals surface area contributed by atoms with E-state index in [2.05, 4.69) is 10.3 Å². The first-order valence-electron chi connectivity index (χ1n) is 5.87. The number of hydrogen-bond acceptors (Lipinski definition) is 4. The van der Waals surface area contributed by atoms with Crippen molar-refractivity contribution in [2.24, 2.45) is 7.05 Å². The average molecular weight is 261 g/mol. The Balaban J connectivity index is 2.41. The number of pyridine rings is 2. The highest BCUT2D eigenvalue weighted by Gasteiger charge is 2.13. The molecule has 2 rings (SSSR count). The topological polar surface area (TPSA) is 73.2 Å². The predicted octanol–water partition coefficient (Wildman–Crippen LogP) is 0.310.